The number of nitrogens with one attached hydrogen (secondary N) is 1. The maximum atomic E-state index is 12.4. The molecule has 2 atom stereocenters. The summed E-state index contributed by atoms with van der Waals surface area (Å²) in [4.78, 5) is 37.9. The molecule has 0 aromatic heterocycles. The van der Waals surface area contributed by atoms with Crippen LogP contribution in [0.25, 0.3) is 0 Å². The Balaban J connectivity index is 1.64. The average Bonchev–Trinajstić information content (AvgIpc) is 2.80. The molecule has 1 aliphatic heterocycles. The van der Waals surface area contributed by atoms with Gasteiger partial charge in [0, 0.05) is 10.7 Å². The van der Waals surface area contributed by atoms with E-state index < -0.39 is 17.7 Å². The van der Waals surface area contributed by atoms with Crippen LogP contribution >= 0.6 is 11.6 Å². The average molecular weight is 349 g/mol. The molecule has 0 saturated carbocycles. The first kappa shape index (κ1) is 16.5. The summed E-state index contributed by atoms with van der Waals surface area (Å²) >= 11 is 5.97. The molecule has 1 aromatic rings. The minimum Gasteiger partial charge on any atom is -0.497 e. The number of halogens is 1. The van der Waals surface area contributed by atoms with Crippen molar-refractivity contribution in [1.82, 2.24) is 4.90 Å². The third-order valence-corrected chi connectivity index (χ3v) is 4.64. The minimum absolute atomic E-state index is 0.283. The molecule has 0 unspecified atom stereocenters. The Morgan fingerprint density at radius 1 is 1.25 bits per heavy atom. The van der Waals surface area contributed by atoms with Gasteiger partial charge in [-0.15, -0.1) is 0 Å². The Bertz CT molecular complexity index is 714. The Hall–Kier alpha value is -2.34. The maximum absolute atomic E-state index is 12.4. The number of amides is 3. The molecule has 6 nitrogen and oxygen atoms in total. The van der Waals surface area contributed by atoms with Crippen molar-refractivity contribution in [1.29, 1.82) is 0 Å². The fraction of sp³-hybridized carbons (Fsp3) is 0.353. The molecular weight excluding hydrogens is 332 g/mol. The third-order valence-electron chi connectivity index (χ3n) is 4.34. The first-order valence-electron chi connectivity index (χ1n) is 7.63. The predicted octanol–water partition coefficient (Wildman–Crippen LogP) is 2.15. The van der Waals surface area contributed by atoms with Gasteiger partial charge < -0.3 is 10.1 Å². The number of nitrogens with zero attached hydrogens (tertiary/aromatic N) is 1. The fourth-order valence-corrected chi connectivity index (χ4v) is 3.33. The summed E-state index contributed by atoms with van der Waals surface area (Å²) < 4.78 is 5.05. The first-order valence-corrected chi connectivity index (χ1v) is 8.01. The molecule has 7 heteroatoms. The number of fused-ring (bicyclic) bond motifs is 1. The minimum atomic E-state index is -0.441. The van der Waals surface area contributed by atoms with Crippen LogP contribution in [0, 0.1) is 11.8 Å². The van der Waals surface area contributed by atoms with Gasteiger partial charge in [0.15, 0.2) is 0 Å². The van der Waals surface area contributed by atoms with E-state index in [1.165, 1.54) is 0 Å². The van der Waals surface area contributed by atoms with E-state index in [9.17, 15) is 14.4 Å². The summed E-state index contributed by atoms with van der Waals surface area (Å²) in [5, 5.41) is 3.27. The summed E-state index contributed by atoms with van der Waals surface area (Å²) in [6.07, 6.45) is 2.59. The zero-order valence-electron chi connectivity index (χ0n) is 13.1. The highest BCUT2D eigenvalue weighted by atomic mass is 35.5. The molecule has 3 amide bonds. The number of carbonyl (C=O) groups is 3. The molecule has 0 radical (unpaired) electrons. The van der Waals surface area contributed by atoms with Crippen molar-refractivity contribution in [3.05, 3.63) is 35.4 Å². The van der Waals surface area contributed by atoms with E-state index in [2.05, 4.69) is 5.32 Å². The number of benzene rings is 1. The smallest absolute Gasteiger partial charge is 0.244 e. The zero-order valence-corrected chi connectivity index (χ0v) is 13.9. The number of methoxy groups -OCH3 is 1. The van der Waals surface area contributed by atoms with Gasteiger partial charge in [0.2, 0.25) is 17.7 Å². The van der Waals surface area contributed by atoms with Crippen LogP contribution in [0.4, 0.5) is 5.69 Å². The lowest BCUT2D eigenvalue weighted by Crippen LogP contribution is -2.38. The molecule has 1 saturated heterocycles. The lowest BCUT2D eigenvalue weighted by Gasteiger charge is -2.17. The van der Waals surface area contributed by atoms with Crippen LogP contribution in [-0.4, -0.2) is 36.3 Å². The van der Waals surface area contributed by atoms with Crippen molar-refractivity contribution in [3.63, 3.8) is 0 Å². The number of hydrogen-bond donors (Lipinski definition) is 1. The zero-order chi connectivity index (χ0) is 17.3. The van der Waals surface area contributed by atoms with Crippen molar-refractivity contribution in [3.8, 4) is 5.75 Å². The van der Waals surface area contributed by atoms with Crippen molar-refractivity contribution < 1.29 is 19.1 Å². The first-order chi connectivity index (χ1) is 11.5. The highest BCUT2D eigenvalue weighted by Crippen LogP contribution is 2.38. The maximum Gasteiger partial charge on any atom is 0.244 e. The van der Waals surface area contributed by atoms with Crippen LogP contribution in [0.5, 0.6) is 5.75 Å². The number of hydrogen-bond acceptors (Lipinski definition) is 4. The fourth-order valence-electron chi connectivity index (χ4n) is 3.07. The molecule has 1 N–H and O–H groups in total. The van der Waals surface area contributed by atoms with Crippen LogP contribution in [0.2, 0.25) is 0 Å². The van der Waals surface area contributed by atoms with Gasteiger partial charge in [-0.1, -0.05) is 17.7 Å². The topological polar surface area (TPSA) is 75.7 Å². The second-order valence-corrected chi connectivity index (χ2v) is 6.33. The van der Waals surface area contributed by atoms with Gasteiger partial charge in [-0.2, -0.15) is 0 Å². The van der Waals surface area contributed by atoms with Gasteiger partial charge in [0.05, 0.1) is 18.9 Å². The van der Waals surface area contributed by atoms with Gasteiger partial charge in [-0.05, 0) is 37.1 Å². The summed E-state index contributed by atoms with van der Waals surface area (Å²) in [7, 11) is 1.55. The largest absolute Gasteiger partial charge is 0.497 e. The van der Waals surface area contributed by atoms with E-state index in [4.69, 9.17) is 16.3 Å². The Morgan fingerprint density at radius 2 is 1.92 bits per heavy atom. The van der Waals surface area contributed by atoms with Crippen molar-refractivity contribution in [2.75, 3.05) is 19.0 Å². The van der Waals surface area contributed by atoms with E-state index in [0.717, 1.165) is 4.90 Å². The molecular formula is C17H17ClN2O4. The highest BCUT2D eigenvalue weighted by molar-refractivity contribution is 6.30. The van der Waals surface area contributed by atoms with E-state index in [1.807, 2.05) is 0 Å². The lowest BCUT2D eigenvalue weighted by molar-refractivity contribution is -0.142. The number of imide groups is 1. The molecule has 126 valence electrons. The number of ether oxygens (including phenoxy) is 1. The van der Waals surface area contributed by atoms with Crippen molar-refractivity contribution in [2.45, 2.75) is 12.8 Å². The van der Waals surface area contributed by atoms with Crippen molar-refractivity contribution in [2.24, 2.45) is 11.8 Å². The van der Waals surface area contributed by atoms with Crippen LogP contribution in [-0.2, 0) is 14.4 Å². The monoisotopic (exact) mass is 348 g/mol. The summed E-state index contributed by atoms with van der Waals surface area (Å²) in [6.45, 7) is -0.283. The standard InChI is InChI=1S/C17H17ClN2O4/c1-24-12-5-3-11(4-6-12)19-15(21)9-20-16(22)13-7-2-10(18)8-14(13)17(20)23/h2-6,13-14H,7-9H2,1H3,(H,19,21)/t13-,14-/m1/s1. The molecule has 1 aliphatic carbocycles. The Kier molecular flexibility index (Phi) is 4.57. The van der Waals surface area contributed by atoms with E-state index in [1.54, 1.807) is 37.5 Å². The van der Waals surface area contributed by atoms with Crippen LogP contribution < -0.4 is 10.1 Å². The number of anilines is 1. The Morgan fingerprint density at radius 3 is 2.58 bits per heavy atom. The van der Waals surface area contributed by atoms with E-state index in [-0.39, 0.29) is 18.4 Å². The lowest BCUT2D eigenvalue weighted by atomic mass is 9.85. The highest BCUT2D eigenvalue weighted by Gasteiger charge is 2.48. The van der Waals surface area contributed by atoms with Gasteiger partial charge in [-0.3, -0.25) is 19.3 Å². The van der Waals surface area contributed by atoms with Gasteiger partial charge in [0.1, 0.15) is 12.3 Å². The molecule has 3 rings (SSSR count). The van der Waals surface area contributed by atoms with E-state index in [0.29, 0.717) is 29.3 Å². The van der Waals surface area contributed by atoms with Crippen LogP contribution in [0.15, 0.2) is 35.4 Å². The van der Waals surface area contributed by atoms with Gasteiger partial charge in [0.25, 0.3) is 0 Å². The normalized spacial score (nSPS) is 22.9. The quantitative estimate of drug-likeness (QED) is 0.846. The number of allylic oxidation sites excluding steroid dienone is 2. The second-order valence-electron chi connectivity index (χ2n) is 5.84. The molecule has 1 aromatic carbocycles. The number of carbonyl (C=O) groups excluding carboxylic acids is 3. The third kappa shape index (κ3) is 3.14. The number of likely N-dealkylation sites (tertiary alicyclic amines) is 1. The molecule has 24 heavy (non-hydrogen) atoms. The van der Waals surface area contributed by atoms with E-state index >= 15 is 0 Å². The molecule has 0 spiro atoms. The SMILES string of the molecule is COc1ccc(NC(=O)CN2C(=O)[C@@H]3CC=C(Cl)C[C@H]3C2=O)cc1. The summed E-state index contributed by atoms with van der Waals surface area (Å²) in [5.41, 5.74) is 0.571. The molecule has 1 fully saturated rings. The predicted molar refractivity (Wildman–Crippen MR) is 88.5 cm³/mol. The van der Waals surface area contributed by atoms with Crippen molar-refractivity contribution >= 4 is 35.0 Å². The Labute approximate surface area is 144 Å². The molecule has 0 bridgehead atoms. The number of rotatable bonds is 4. The van der Waals surface area contributed by atoms with Crippen LogP contribution in [0.3, 0.4) is 0 Å². The second kappa shape index (κ2) is 6.65. The summed E-state index contributed by atoms with van der Waals surface area (Å²) in [5.74, 6) is -1.19. The van der Waals surface area contributed by atoms with Crippen LogP contribution in [0.1, 0.15) is 12.8 Å². The summed E-state index contributed by atoms with van der Waals surface area (Å²) in [6, 6.07) is 6.80. The molecule has 2 aliphatic rings. The molecule has 1 heterocycles. The van der Waals surface area contributed by atoms with Gasteiger partial charge in [-0.25, -0.2) is 0 Å². The van der Waals surface area contributed by atoms with Gasteiger partial charge >= 0.3 is 0 Å².